The van der Waals surface area contributed by atoms with E-state index in [4.69, 9.17) is 29.5 Å². The lowest BCUT2D eigenvalue weighted by molar-refractivity contribution is 0.0794. The van der Waals surface area contributed by atoms with Gasteiger partial charge in [0.15, 0.2) is 17.5 Å². The molecule has 3 amide bonds. The van der Waals surface area contributed by atoms with Crippen LogP contribution < -0.4 is 31.0 Å². The van der Waals surface area contributed by atoms with Crippen molar-refractivity contribution in [3.05, 3.63) is 67.5 Å². The van der Waals surface area contributed by atoms with Crippen LogP contribution in [0.5, 0.6) is 17.2 Å². The Labute approximate surface area is 346 Å². The molecule has 25 heteroatoms. The summed E-state index contributed by atoms with van der Waals surface area (Å²) in [5.41, 5.74) is -3.18. The van der Waals surface area contributed by atoms with E-state index in [1.165, 1.54) is 0 Å². The van der Waals surface area contributed by atoms with Crippen molar-refractivity contribution in [2.75, 3.05) is 74.2 Å². The number of amides is 3. The summed E-state index contributed by atoms with van der Waals surface area (Å²) in [6, 6.07) is 2.75. The molecule has 0 spiro atoms. The van der Waals surface area contributed by atoms with E-state index in [1.807, 2.05) is 0 Å². The van der Waals surface area contributed by atoms with Gasteiger partial charge in [-0.2, -0.15) is 0 Å². The normalized spacial score (nSPS) is 12.8. The van der Waals surface area contributed by atoms with Crippen molar-refractivity contribution in [2.24, 2.45) is 0 Å². The van der Waals surface area contributed by atoms with Gasteiger partial charge in [0.25, 0.3) is 0 Å². The molecular weight excluding hydrogens is 818 g/mol. The van der Waals surface area contributed by atoms with Crippen LogP contribution in [0, 0.1) is 0 Å². The SMILES string of the molecule is CC(N(C(=O)O)c1c(O)c(=O)ccn1CCOCCO)N(C(C)N(C(=O)O)c1c(O)c(=O)ccn1CCOCCO)C(C)N(C(=O)O)c1c(O)c(=O)ccn1CCOCCO. The number of ether oxygens (including phenoxy) is 3. The first-order valence-electron chi connectivity index (χ1n) is 18.6. The predicted molar refractivity (Wildman–Crippen MR) is 213 cm³/mol. The topological polar surface area (TPSA) is 340 Å². The van der Waals surface area contributed by atoms with Gasteiger partial charge in [-0.15, -0.1) is 0 Å². The molecule has 0 aliphatic heterocycles. The zero-order chi connectivity index (χ0) is 45.6. The van der Waals surface area contributed by atoms with Gasteiger partial charge in [-0.25, -0.2) is 34.0 Å². The largest absolute Gasteiger partial charge is 0.502 e. The molecule has 3 atom stereocenters. The fourth-order valence-corrected chi connectivity index (χ4v) is 6.57. The zero-order valence-electron chi connectivity index (χ0n) is 33.5. The van der Waals surface area contributed by atoms with Crippen LogP contribution in [0.1, 0.15) is 20.8 Å². The van der Waals surface area contributed by atoms with Crippen molar-refractivity contribution in [2.45, 2.75) is 58.9 Å². The van der Waals surface area contributed by atoms with Crippen molar-refractivity contribution in [1.29, 1.82) is 0 Å². The molecule has 0 aliphatic rings. The number of anilines is 3. The maximum Gasteiger partial charge on any atom is 0.414 e. The molecule has 3 heterocycles. The monoisotopic (exact) mass is 869 g/mol. The van der Waals surface area contributed by atoms with Gasteiger partial charge in [-0.3, -0.25) is 14.4 Å². The number of carboxylic acid groups (broad SMARTS) is 3. The fraction of sp³-hybridized carbons (Fsp3) is 0.500. The van der Waals surface area contributed by atoms with Gasteiger partial charge in [-0.05, 0) is 20.8 Å². The summed E-state index contributed by atoms with van der Waals surface area (Å²) < 4.78 is 19.2. The Morgan fingerprint density at radius 2 is 0.754 bits per heavy atom. The minimum absolute atomic E-state index is 0.130. The summed E-state index contributed by atoms with van der Waals surface area (Å²) in [5.74, 6) is -5.43. The third-order valence-corrected chi connectivity index (χ3v) is 9.22. The highest BCUT2D eigenvalue weighted by atomic mass is 16.5. The molecule has 338 valence electrons. The quantitative estimate of drug-likeness (QED) is 0.0405. The Bertz CT molecular complexity index is 1910. The average molecular weight is 870 g/mol. The number of aromatic hydroxyl groups is 3. The van der Waals surface area contributed by atoms with E-state index in [9.17, 15) is 59.4 Å². The Hall–Kier alpha value is -6.22. The number of pyridine rings is 3. The highest BCUT2D eigenvalue weighted by Gasteiger charge is 2.44. The van der Waals surface area contributed by atoms with Crippen LogP contribution in [0.15, 0.2) is 51.2 Å². The second kappa shape index (κ2) is 23.0. The number of carbonyl (C=O) groups is 3. The van der Waals surface area contributed by atoms with E-state index >= 15 is 0 Å². The van der Waals surface area contributed by atoms with Crippen LogP contribution >= 0.6 is 0 Å². The van der Waals surface area contributed by atoms with Gasteiger partial charge in [-0.1, -0.05) is 0 Å². The number of rotatable bonds is 24. The molecule has 61 heavy (non-hydrogen) atoms. The van der Waals surface area contributed by atoms with Crippen LogP contribution in [-0.4, -0.2) is 161 Å². The maximum atomic E-state index is 13.4. The van der Waals surface area contributed by atoms with Gasteiger partial charge in [0.05, 0.1) is 78.0 Å². The first-order valence-corrected chi connectivity index (χ1v) is 18.6. The summed E-state index contributed by atoms with van der Waals surface area (Å²) in [7, 11) is 0. The molecule has 0 fully saturated rings. The van der Waals surface area contributed by atoms with Gasteiger partial charge in [0, 0.05) is 56.4 Å². The summed E-state index contributed by atoms with van der Waals surface area (Å²) in [4.78, 5) is 81.0. The molecule has 9 N–H and O–H groups in total. The van der Waals surface area contributed by atoms with E-state index in [0.717, 1.165) is 76.2 Å². The molecule has 0 aliphatic carbocycles. The molecule has 25 nitrogen and oxygen atoms in total. The van der Waals surface area contributed by atoms with E-state index in [2.05, 4.69) is 0 Å². The van der Waals surface area contributed by atoms with E-state index in [0.29, 0.717) is 14.7 Å². The number of aliphatic hydroxyl groups excluding tert-OH is 3. The van der Waals surface area contributed by atoms with Gasteiger partial charge < -0.3 is 73.9 Å². The Morgan fingerprint density at radius 3 is 0.967 bits per heavy atom. The Balaban J connectivity index is 2.44. The summed E-state index contributed by atoms with van der Waals surface area (Å²) in [6.45, 7) is 0.624. The summed E-state index contributed by atoms with van der Waals surface area (Å²) >= 11 is 0. The first kappa shape index (κ1) is 49.1. The van der Waals surface area contributed by atoms with E-state index in [-0.39, 0.29) is 79.1 Å². The van der Waals surface area contributed by atoms with Gasteiger partial charge in [0.1, 0.15) is 0 Å². The third kappa shape index (κ3) is 11.7. The lowest BCUT2D eigenvalue weighted by Crippen LogP contribution is -2.65. The Morgan fingerprint density at radius 1 is 0.508 bits per heavy atom. The van der Waals surface area contributed by atoms with Crippen molar-refractivity contribution < 1.29 is 74.6 Å². The highest BCUT2D eigenvalue weighted by molar-refractivity contribution is 5.90. The Kier molecular flexibility index (Phi) is 18.5. The van der Waals surface area contributed by atoms with E-state index < -0.39 is 87.8 Å². The van der Waals surface area contributed by atoms with Crippen molar-refractivity contribution in [1.82, 2.24) is 18.6 Å². The van der Waals surface area contributed by atoms with Gasteiger partial charge >= 0.3 is 18.3 Å². The van der Waals surface area contributed by atoms with Gasteiger partial charge in [0.2, 0.25) is 33.5 Å². The highest BCUT2D eigenvalue weighted by Crippen LogP contribution is 2.35. The van der Waals surface area contributed by atoms with Crippen molar-refractivity contribution >= 4 is 35.7 Å². The van der Waals surface area contributed by atoms with Crippen LogP contribution in [0.2, 0.25) is 0 Å². The molecule has 3 aromatic heterocycles. The van der Waals surface area contributed by atoms with Crippen LogP contribution in [0.4, 0.5) is 31.8 Å². The van der Waals surface area contributed by atoms with Crippen LogP contribution in [-0.2, 0) is 33.8 Å². The fourth-order valence-electron chi connectivity index (χ4n) is 6.57. The lowest BCUT2D eigenvalue weighted by Gasteiger charge is -2.48. The summed E-state index contributed by atoms with van der Waals surface area (Å²) in [5, 5.41) is 93.5. The molecule has 0 saturated carbocycles. The molecule has 3 unspecified atom stereocenters. The number of nitrogens with zero attached hydrogens (tertiary/aromatic N) is 7. The third-order valence-electron chi connectivity index (χ3n) is 9.22. The second-order valence-electron chi connectivity index (χ2n) is 12.9. The lowest BCUT2D eigenvalue weighted by atomic mass is 10.2. The maximum absolute atomic E-state index is 13.4. The van der Waals surface area contributed by atoms with Crippen molar-refractivity contribution in [3.63, 3.8) is 0 Å². The van der Waals surface area contributed by atoms with Crippen LogP contribution in [0.3, 0.4) is 0 Å². The summed E-state index contributed by atoms with van der Waals surface area (Å²) in [6.07, 6.45) is -7.92. The average Bonchev–Trinajstić information content (AvgIpc) is 3.20. The molecule has 0 saturated heterocycles. The number of aromatic nitrogens is 3. The molecular formula is C36H51N7O18. The van der Waals surface area contributed by atoms with Crippen molar-refractivity contribution in [3.8, 4) is 17.2 Å². The van der Waals surface area contributed by atoms with E-state index in [1.54, 1.807) is 0 Å². The van der Waals surface area contributed by atoms with Crippen LogP contribution in [0.25, 0.3) is 0 Å². The molecule has 3 aromatic rings. The first-order chi connectivity index (χ1) is 29.0. The standard InChI is InChI=1S/C36H51N7O18/c1-22(41(34(53)54)31-28(50)25(47)4-7-37(31)10-16-59-19-13-44)40(23(2)42(35(55)56)32-29(51)26(48)5-8-38(32)11-17-60-20-14-45)24(3)43(36(57)58)33-30(52)27(49)6-9-39(33)12-18-61-21-15-46/h4-9,22-24,44-46,50-52H,10-21H2,1-3H3,(H,53,54)(H,55,56)(H,57,58). The molecule has 3 rings (SSSR count). The number of aliphatic hydroxyl groups is 3. The minimum Gasteiger partial charge on any atom is -0.502 e. The smallest absolute Gasteiger partial charge is 0.414 e. The molecule has 0 radical (unpaired) electrons. The molecule has 0 aromatic carbocycles. The second-order valence-corrected chi connectivity index (χ2v) is 12.9. The zero-order valence-corrected chi connectivity index (χ0v) is 33.5. The number of hydrogen-bond donors (Lipinski definition) is 9. The minimum atomic E-state index is -1.88. The number of hydrogen-bond acceptors (Lipinski definition) is 16. The predicted octanol–water partition coefficient (Wildman–Crippen LogP) is -0.491. The molecule has 0 bridgehead atoms.